The fraction of sp³-hybridized carbons (Fsp3) is 0.250. The first-order valence-corrected chi connectivity index (χ1v) is 7.45. The van der Waals surface area contributed by atoms with Crippen molar-refractivity contribution in [3.63, 3.8) is 0 Å². The van der Waals surface area contributed by atoms with Gasteiger partial charge in [0.1, 0.15) is 0 Å². The summed E-state index contributed by atoms with van der Waals surface area (Å²) in [5.41, 5.74) is 1.34. The highest BCUT2D eigenvalue weighted by Crippen LogP contribution is 2.11. The highest BCUT2D eigenvalue weighted by Gasteiger charge is 2.14. The normalized spacial score (nSPS) is 10.7. The van der Waals surface area contributed by atoms with Crippen LogP contribution in [-0.4, -0.2) is 36.8 Å². The van der Waals surface area contributed by atoms with Crippen molar-refractivity contribution < 1.29 is 4.79 Å². The molecule has 0 fully saturated rings. The molecular formula is C16H18N6O. The molecule has 0 aromatic carbocycles. The molecule has 23 heavy (non-hydrogen) atoms. The van der Waals surface area contributed by atoms with Gasteiger partial charge in [0.15, 0.2) is 5.82 Å². The van der Waals surface area contributed by atoms with Gasteiger partial charge in [0.25, 0.3) is 5.91 Å². The summed E-state index contributed by atoms with van der Waals surface area (Å²) < 4.78 is 3.65. The average Bonchev–Trinajstić information content (AvgIpc) is 3.22. The first-order chi connectivity index (χ1) is 11.3. The predicted molar refractivity (Wildman–Crippen MR) is 85.3 cm³/mol. The van der Waals surface area contributed by atoms with Gasteiger partial charge in [-0.1, -0.05) is 6.07 Å². The molecule has 0 unspecified atom stereocenters. The van der Waals surface area contributed by atoms with Gasteiger partial charge in [-0.15, -0.1) is 0 Å². The first-order valence-electron chi connectivity index (χ1n) is 7.45. The molecule has 0 aliphatic heterocycles. The van der Waals surface area contributed by atoms with E-state index >= 15 is 0 Å². The molecule has 3 aromatic rings. The van der Waals surface area contributed by atoms with E-state index < -0.39 is 0 Å². The monoisotopic (exact) mass is 310 g/mol. The Morgan fingerprint density at radius 2 is 2.22 bits per heavy atom. The molecule has 0 aliphatic rings. The number of imidazole rings is 1. The van der Waals surface area contributed by atoms with Gasteiger partial charge in [-0.05, 0) is 25.5 Å². The summed E-state index contributed by atoms with van der Waals surface area (Å²) in [5, 5.41) is 7.18. The minimum absolute atomic E-state index is 0.115. The summed E-state index contributed by atoms with van der Waals surface area (Å²) in [7, 11) is 0. The van der Waals surface area contributed by atoms with Crippen LogP contribution in [-0.2, 0) is 6.54 Å². The van der Waals surface area contributed by atoms with Crippen LogP contribution in [0, 0.1) is 6.92 Å². The minimum Gasteiger partial charge on any atom is -0.352 e. The number of amides is 1. The highest BCUT2D eigenvalue weighted by atomic mass is 16.1. The van der Waals surface area contributed by atoms with Gasteiger partial charge in [0, 0.05) is 31.7 Å². The maximum Gasteiger partial charge on any atom is 0.254 e. The Balaban J connectivity index is 1.58. The second-order valence-corrected chi connectivity index (χ2v) is 5.15. The molecule has 1 amide bonds. The van der Waals surface area contributed by atoms with Crippen LogP contribution in [0.5, 0.6) is 0 Å². The Kier molecular flexibility index (Phi) is 4.46. The number of pyridine rings is 1. The summed E-state index contributed by atoms with van der Waals surface area (Å²) in [6, 6.07) is 5.59. The zero-order valence-corrected chi connectivity index (χ0v) is 12.9. The molecule has 1 N–H and O–H groups in total. The van der Waals surface area contributed by atoms with Crippen molar-refractivity contribution in [1.29, 1.82) is 0 Å². The summed E-state index contributed by atoms with van der Waals surface area (Å²) in [6.07, 6.45) is 9.54. The van der Waals surface area contributed by atoms with E-state index in [1.54, 1.807) is 29.6 Å². The third-order valence-electron chi connectivity index (χ3n) is 3.56. The number of rotatable bonds is 6. The predicted octanol–water partition coefficient (Wildman–Crippen LogP) is 1.59. The molecule has 0 bridgehead atoms. The van der Waals surface area contributed by atoms with Crippen LogP contribution in [0.1, 0.15) is 22.5 Å². The van der Waals surface area contributed by atoms with Gasteiger partial charge in [-0.2, -0.15) is 5.10 Å². The topological polar surface area (TPSA) is 77.6 Å². The molecule has 3 rings (SSSR count). The summed E-state index contributed by atoms with van der Waals surface area (Å²) in [5.74, 6) is 0.583. The van der Waals surface area contributed by atoms with Crippen LogP contribution in [0.4, 0.5) is 0 Å². The van der Waals surface area contributed by atoms with Gasteiger partial charge in [0.05, 0.1) is 23.8 Å². The Bertz CT molecular complexity index is 763. The lowest BCUT2D eigenvalue weighted by molar-refractivity contribution is 0.0952. The van der Waals surface area contributed by atoms with E-state index in [1.807, 2.05) is 35.9 Å². The molecule has 3 aromatic heterocycles. The fourth-order valence-corrected chi connectivity index (χ4v) is 2.32. The number of hydrogen-bond donors (Lipinski definition) is 1. The van der Waals surface area contributed by atoms with Crippen molar-refractivity contribution in [1.82, 2.24) is 29.6 Å². The lowest BCUT2D eigenvalue weighted by atomic mass is 10.2. The van der Waals surface area contributed by atoms with Crippen molar-refractivity contribution in [3.05, 3.63) is 60.6 Å². The third kappa shape index (κ3) is 3.45. The number of hydrogen-bond acceptors (Lipinski definition) is 4. The second kappa shape index (κ2) is 6.87. The van der Waals surface area contributed by atoms with Crippen LogP contribution in [0.15, 0.2) is 49.3 Å². The van der Waals surface area contributed by atoms with Gasteiger partial charge >= 0.3 is 0 Å². The maximum atomic E-state index is 12.3. The van der Waals surface area contributed by atoms with Gasteiger partial charge in [0.2, 0.25) is 0 Å². The molecule has 7 nitrogen and oxygen atoms in total. The Hall–Kier alpha value is -2.96. The Morgan fingerprint density at radius 3 is 2.96 bits per heavy atom. The zero-order valence-electron chi connectivity index (χ0n) is 12.9. The summed E-state index contributed by atoms with van der Waals surface area (Å²) in [4.78, 5) is 20.5. The number of nitrogens with one attached hydrogen (secondary N) is 1. The first kappa shape index (κ1) is 15.0. The van der Waals surface area contributed by atoms with Crippen LogP contribution in [0.2, 0.25) is 0 Å². The quantitative estimate of drug-likeness (QED) is 0.701. The van der Waals surface area contributed by atoms with E-state index in [0.29, 0.717) is 17.9 Å². The van der Waals surface area contributed by atoms with Crippen molar-refractivity contribution in [2.24, 2.45) is 0 Å². The van der Waals surface area contributed by atoms with Crippen molar-refractivity contribution in [3.8, 4) is 5.82 Å². The molecule has 0 atom stereocenters. The van der Waals surface area contributed by atoms with Crippen LogP contribution >= 0.6 is 0 Å². The molecule has 0 aliphatic carbocycles. The second-order valence-electron chi connectivity index (χ2n) is 5.15. The lowest BCUT2D eigenvalue weighted by Gasteiger charge is -2.06. The molecule has 0 radical (unpaired) electrons. The zero-order chi connectivity index (χ0) is 16.1. The number of aromatic nitrogens is 5. The van der Waals surface area contributed by atoms with Gasteiger partial charge < -0.3 is 9.88 Å². The molecule has 7 heteroatoms. The van der Waals surface area contributed by atoms with E-state index in [4.69, 9.17) is 0 Å². The maximum absolute atomic E-state index is 12.3. The van der Waals surface area contributed by atoms with Gasteiger partial charge in [-0.3, -0.25) is 4.79 Å². The lowest BCUT2D eigenvalue weighted by Crippen LogP contribution is -2.25. The molecule has 3 heterocycles. The highest BCUT2D eigenvalue weighted by molar-refractivity contribution is 5.95. The van der Waals surface area contributed by atoms with E-state index in [1.165, 1.54) is 0 Å². The van der Waals surface area contributed by atoms with E-state index in [-0.39, 0.29) is 5.91 Å². The number of nitrogens with zero attached hydrogens (tertiary/aromatic N) is 5. The Labute approximate surface area is 134 Å². The molecular weight excluding hydrogens is 292 g/mol. The summed E-state index contributed by atoms with van der Waals surface area (Å²) >= 11 is 0. The van der Waals surface area contributed by atoms with Crippen LogP contribution in [0.3, 0.4) is 0 Å². The van der Waals surface area contributed by atoms with Crippen molar-refractivity contribution in [2.45, 2.75) is 19.9 Å². The number of carbonyl (C=O) groups is 1. The third-order valence-corrected chi connectivity index (χ3v) is 3.56. The minimum atomic E-state index is -0.115. The van der Waals surface area contributed by atoms with Crippen LogP contribution in [0.25, 0.3) is 5.82 Å². The van der Waals surface area contributed by atoms with E-state index in [2.05, 4.69) is 20.4 Å². The smallest absolute Gasteiger partial charge is 0.254 e. The fourth-order valence-electron chi connectivity index (χ4n) is 2.32. The summed E-state index contributed by atoms with van der Waals surface area (Å²) in [6.45, 7) is 3.29. The van der Waals surface area contributed by atoms with Crippen molar-refractivity contribution in [2.75, 3.05) is 6.54 Å². The number of aryl methyl sites for hydroxylation is 1. The average molecular weight is 310 g/mol. The Morgan fingerprint density at radius 1 is 1.30 bits per heavy atom. The largest absolute Gasteiger partial charge is 0.352 e. The van der Waals surface area contributed by atoms with E-state index in [0.717, 1.165) is 18.7 Å². The number of carbonyl (C=O) groups excluding carboxylic acids is 1. The standard InChI is InChI=1S/C16H18N6O/c1-13-14(11-20-22(13)15-5-2-3-6-18-15)16(23)19-7-4-9-21-10-8-17-12-21/h2-3,5-6,8,10-12H,4,7,9H2,1H3,(H,19,23). The van der Waals surface area contributed by atoms with E-state index in [9.17, 15) is 4.79 Å². The SMILES string of the molecule is Cc1c(C(=O)NCCCn2ccnc2)cnn1-c1ccccn1. The van der Waals surface area contributed by atoms with Crippen molar-refractivity contribution >= 4 is 5.91 Å². The van der Waals surface area contributed by atoms with Crippen LogP contribution < -0.4 is 5.32 Å². The molecule has 0 spiro atoms. The van der Waals surface area contributed by atoms with Gasteiger partial charge in [-0.25, -0.2) is 14.6 Å². The molecule has 0 saturated heterocycles. The molecule has 0 saturated carbocycles. The molecule has 118 valence electrons.